The molecular formula is C60H40S2. The van der Waals surface area contributed by atoms with E-state index in [-0.39, 0.29) is 0 Å². The molecule has 0 radical (unpaired) electrons. The average molecular weight is 825 g/mol. The van der Waals surface area contributed by atoms with Crippen molar-refractivity contribution >= 4 is 78.3 Å². The maximum absolute atomic E-state index is 2.44. The molecule has 0 aliphatic heterocycles. The standard InChI is InChI=1S/C60H40S2/c1-5-18-42(19-6-1)52(43-20-7-2-8-21-43)39-55-48-29-15-16-30-49(48)56(40-53(44-22-9-3-10-23-44)45-24-11-4-12-25-45)54-38-46(32-33-50(54)55)57-34-36-59(61-57)60-37-35-58(62-60)51-31-17-27-41-26-13-14-28-47(41)51/h1-40H. The van der Waals surface area contributed by atoms with Crippen LogP contribution in [0.25, 0.3) is 86.3 Å². The summed E-state index contributed by atoms with van der Waals surface area (Å²) < 4.78 is 0. The van der Waals surface area contributed by atoms with Crippen molar-refractivity contribution in [2.45, 2.75) is 0 Å². The van der Waals surface area contributed by atoms with Gasteiger partial charge < -0.3 is 0 Å². The number of hydrogen-bond donors (Lipinski definition) is 0. The molecule has 0 atom stereocenters. The summed E-state index contributed by atoms with van der Waals surface area (Å²) in [5.74, 6) is 0. The minimum atomic E-state index is 1.19. The van der Waals surface area contributed by atoms with Gasteiger partial charge in [0.05, 0.1) is 0 Å². The molecule has 11 rings (SSSR count). The predicted octanol–water partition coefficient (Wildman–Crippen LogP) is 17.4. The Bertz CT molecular complexity index is 3340. The maximum atomic E-state index is 2.44. The van der Waals surface area contributed by atoms with Crippen LogP contribution >= 0.6 is 22.7 Å². The number of thiophene rings is 2. The highest BCUT2D eigenvalue weighted by atomic mass is 32.1. The molecule has 2 heterocycles. The molecule has 0 bridgehead atoms. The van der Waals surface area contributed by atoms with Gasteiger partial charge in [-0.1, -0.05) is 200 Å². The largest absolute Gasteiger partial charge is 0.134 e. The Hall–Kier alpha value is -7.36. The highest BCUT2D eigenvalue weighted by Crippen LogP contribution is 2.45. The molecule has 11 aromatic rings. The van der Waals surface area contributed by atoms with Crippen LogP contribution in [0, 0.1) is 0 Å². The molecule has 0 aliphatic rings. The van der Waals surface area contributed by atoms with Crippen LogP contribution in [0.2, 0.25) is 0 Å². The lowest BCUT2D eigenvalue weighted by Gasteiger charge is -2.18. The number of hydrogen-bond acceptors (Lipinski definition) is 2. The fourth-order valence-electron chi connectivity index (χ4n) is 8.82. The van der Waals surface area contributed by atoms with Crippen LogP contribution in [-0.2, 0) is 0 Å². The van der Waals surface area contributed by atoms with E-state index in [2.05, 4.69) is 243 Å². The highest BCUT2D eigenvalue weighted by Gasteiger charge is 2.18. The Morgan fingerprint density at radius 3 is 1.24 bits per heavy atom. The predicted molar refractivity (Wildman–Crippen MR) is 271 cm³/mol. The molecule has 2 aromatic heterocycles. The number of fused-ring (bicyclic) bond motifs is 3. The van der Waals surface area contributed by atoms with Gasteiger partial charge in [-0.05, 0) is 130 Å². The second kappa shape index (κ2) is 16.6. The van der Waals surface area contributed by atoms with Crippen molar-refractivity contribution < 1.29 is 0 Å². The zero-order valence-electron chi connectivity index (χ0n) is 33.9. The Morgan fingerprint density at radius 2 is 0.694 bits per heavy atom. The summed E-state index contributed by atoms with van der Waals surface area (Å²) in [6, 6.07) is 83.8. The van der Waals surface area contributed by atoms with Gasteiger partial charge in [0.25, 0.3) is 0 Å². The third-order valence-electron chi connectivity index (χ3n) is 11.8. The van der Waals surface area contributed by atoms with Gasteiger partial charge in [0.1, 0.15) is 0 Å². The summed E-state index contributed by atoms with van der Waals surface area (Å²) in [7, 11) is 0. The first kappa shape index (κ1) is 37.6. The van der Waals surface area contributed by atoms with Crippen molar-refractivity contribution in [3.8, 4) is 30.6 Å². The molecule has 0 unspecified atom stereocenters. The molecule has 9 aromatic carbocycles. The van der Waals surface area contributed by atoms with Crippen LogP contribution in [0.5, 0.6) is 0 Å². The Labute approximate surface area is 370 Å². The smallest absolute Gasteiger partial charge is 0.0449 e. The van der Waals surface area contributed by atoms with Gasteiger partial charge >= 0.3 is 0 Å². The number of rotatable bonds is 9. The molecule has 62 heavy (non-hydrogen) atoms. The minimum absolute atomic E-state index is 1.19. The average Bonchev–Trinajstić information content (AvgIpc) is 4.05. The van der Waals surface area contributed by atoms with Crippen molar-refractivity contribution in [3.63, 3.8) is 0 Å². The number of benzene rings is 9. The summed E-state index contributed by atoms with van der Waals surface area (Å²) in [6.45, 7) is 0. The fraction of sp³-hybridized carbons (Fsp3) is 0. The molecule has 0 N–H and O–H groups in total. The van der Waals surface area contributed by atoms with Crippen LogP contribution in [0.4, 0.5) is 0 Å². The maximum Gasteiger partial charge on any atom is 0.0449 e. The van der Waals surface area contributed by atoms with Gasteiger partial charge in [-0.3, -0.25) is 0 Å². The van der Waals surface area contributed by atoms with Gasteiger partial charge in [0, 0.05) is 19.5 Å². The Balaban J connectivity index is 1.12. The van der Waals surface area contributed by atoms with Crippen molar-refractivity contribution in [2.75, 3.05) is 0 Å². The quantitative estimate of drug-likeness (QED) is 0.100. The lowest BCUT2D eigenvalue weighted by Crippen LogP contribution is -1.94. The third kappa shape index (κ3) is 7.20. The molecule has 292 valence electrons. The van der Waals surface area contributed by atoms with Gasteiger partial charge in [-0.15, -0.1) is 22.7 Å². The van der Waals surface area contributed by atoms with Gasteiger partial charge in [-0.2, -0.15) is 0 Å². The first-order valence-electron chi connectivity index (χ1n) is 21.1. The summed E-state index contributed by atoms with van der Waals surface area (Å²) in [5, 5.41) is 7.45. The van der Waals surface area contributed by atoms with Crippen molar-refractivity contribution in [3.05, 3.63) is 264 Å². The van der Waals surface area contributed by atoms with Crippen LogP contribution in [0.3, 0.4) is 0 Å². The first-order chi connectivity index (χ1) is 30.7. The lowest BCUT2D eigenvalue weighted by atomic mass is 9.86. The Morgan fingerprint density at radius 1 is 0.290 bits per heavy atom. The van der Waals surface area contributed by atoms with Crippen molar-refractivity contribution in [1.29, 1.82) is 0 Å². The summed E-state index contributed by atoms with van der Waals surface area (Å²) in [4.78, 5) is 5.11. The van der Waals surface area contributed by atoms with Gasteiger partial charge in [0.15, 0.2) is 0 Å². The second-order valence-electron chi connectivity index (χ2n) is 15.6. The van der Waals surface area contributed by atoms with Crippen LogP contribution in [-0.4, -0.2) is 0 Å². The van der Waals surface area contributed by atoms with E-state index in [1.807, 2.05) is 22.7 Å². The van der Waals surface area contributed by atoms with Crippen molar-refractivity contribution in [2.24, 2.45) is 0 Å². The molecule has 0 amide bonds. The van der Waals surface area contributed by atoms with E-state index in [0.717, 1.165) is 0 Å². The summed E-state index contributed by atoms with van der Waals surface area (Å²) >= 11 is 3.74. The van der Waals surface area contributed by atoms with Crippen molar-refractivity contribution in [1.82, 2.24) is 0 Å². The molecule has 2 heteroatoms. The normalized spacial score (nSPS) is 11.2. The van der Waals surface area contributed by atoms with Gasteiger partial charge in [0.2, 0.25) is 0 Å². The van der Waals surface area contributed by atoms with E-state index < -0.39 is 0 Å². The van der Waals surface area contributed by atoms with E-state index in [4.69, 9.17) is 0 Å². The summed E-state index contributed by atoms with van der Waals surface area (Å²) in [6.07, 6.45) is 4.85. The minimum Gasteiger partial charge on any atom is -0.134 e. The third-order valence-corrected chi connectivity index (χ3v) is 14.3. The van der Waals surface area contributed by atoms with Crippen LogP contribution in [0.15, 0.2) is 231 Å². The van der Waals surface area contributed by atoms with Crippen LogP contribution < -0.4 is 0 Å². The zero-order chi connectivity index (χ0) is 41.2. The fourth-order valence-corrected chi connectivity index (χ4v) is 11.0. The monoisotopic (exact) mass is 824 g/mol. The first-order valence-corrected chi connectivity index (χ1v) is 22.7. The van der Waals surface area contributed by atoms with E-state index >= 15 is 0 Å². The molecule has 0 spiro atoms. The molecule has 0 aliphatic carbocycles. The van der Waals surface area contributed by atoms with E-state index in [9.17, 15) is 0 Å². The molecular weight excluding hydrogens is 785 g/mol. The zero-order valence-corrected chi connectivity index (χ0v) is 35.5. The topological polar surface area (TPSA) is 0 Å². The SMILES string of the molecule is C(=C(c1ccccc1)c1ccccc1)c1c2ccccc2c(C=C(c2ccccc2)c2ccccc2)c2cc(-c3ccc(-c4ccc(-c5cccc6ccccc56)s4)s3)ccc12. The lowest BCUT2D eigenvalue weighted by molar-refractivity contribution is 1.55. The molecule has 0 saturated heterocycles. The van der Waals surface area contributed by atoms with E-state index in [1.54, 1.807) is 0 Å². The van der Waals surface area contributed by atoms with E-state index in [1.165, 1.54) is 107 Å². The molecule has 0 fully saturated rings. The van der Waals surface area contributed by atoms with Gasteiger partial charge in [-0.25, -0.2) is 0 Å². The molecule has 0 nitrogen and oxygen atoms in total. The highest BCUT2D eigenvalue weighted by molar-refractivity contribution is 7.25. The van der Waals surface area contributed by atoms with Crippen LogP contribution in [0.1, 0.15) is 33.4 Å². The molecule has 0 saturated carbocycles. The Kier molecular flexibility index (Phi) is 10.1. The second-order valence-corrected chi connectivity index (χ2v) is 17.7. The van der Waals surface area contributed by atoms with E-state index in [0.29, 0.717) is 0 Å². The summed E-state index contributed by atoms with van der Waals surface area (Å²) in [5.41, 5.74) is 12.1.